The van der Waals surface area contributed by atoms with Gasteiger partial charge >= 0.3 is 0 Å². The minimum absolute atomic E-state index is 0.282. The van der Waals surface area contributed by atoms with E-state index < -0.39 is 0 Å². The third-order valence-corrected chi connectivity index (χ3v) is 6.52. The Balaban J connectivity index is 1.56. The van der Waals surface area contributed by atoms with Gasteiger partial charge in [-0.15, -0.1) is 0 Å². The predicted octanol–water partition coefficient (Wildman–Crippen LogP) is 3.75. The van der Waals surface area contributed by atoms with Gasteiger partial charge in [-0.2, -0.15) is 0 Å². The molecule has 29 heavy (non-hydrogen) atoms. The monoisotopic (exact) mass is 392 g/mol. The van der Waals surface area contributed by atoms with E-state index in [-0.39, 0.29) is 5.92 Å². The van der Waals surface area contributed by atoms with E-state index in [2.05, 4.69) is 53.8 Å². The zero-order valence-electron chi connectivity index (χ0n) is 18.2. The Morgan fingerprint density at radius 1 is 1.03 bits per heavy atom. The van der Waals surface area contributed by atoms with Crippen LogP contribution in [-0.4, -0.2) is 47.0 Å². The van der Waals surface area contributed by atoms with Crippen molar-refractivity contribution < 1.29 is 4.79 Å². The van der Waals surface area contributed by atoms with Crippen LogP contribution in [0.5, 0.6) is 0 Å². The molecule has 1 aromatic heterocycles. The molecule has 0 unspecified atom stereocenters. The van der Waals surface area contributed by atoms with E-state index in [9.17, 15) is 4.79 Å². The van der Waals surface area contributed by atoms with Crippen LogP contribution in [0.15, 0.2) is 18.2 Å². The van der Waals surface area contributed by atoms with E-state index >= 15 is 0 Å². The van der Waals surface area contributed by atoms with E-state index in [0.29, 0.717) is 5.91 Å². The number of benzene rings is 1. The molecule has 1 aliphatic heterocycles. The van der Waals surface area contributed by atoms with Crippen molar-refractivity contribution in [2.75, 3.05) is 31.1 Å². The van der Waals surface area contributed by atoms with Crippen molar-refractivity contribution in [2.24, 2.45) is 5.92 Å². The highest BCUT2D eigenvalue weighted by molar-refractivity contribution is 5.80. The summed E-state index contributed by atoms with van der Waals surface area (Å²) in [6, 6.07) is 6.63. The number of amides is 1. The molecule has 0 N–H and O–H groups in total. The molecule has 154 valence electrons. The molecule has 1 amide bonds. The summed E-state index contributed by atoms with van der Waals surface area (Å²) in [6.45, 7) is 11.6. The average Bonchev–Trinajstić information content (AvgIpc) is 2.65. The molecule has 1 saturated heterocycles. The first-order valence-electron chi connectivity index (χ1n) is 10.9. The summed E-state index contributed by atoms with van der Waals surface area (Å²) < 4.78 is 0. The number of nitrogens with zero attached hydrogens (tertiary/aromatic N) is 4. The maximum atomic E-state index is 12.6. The molecule has 1 saturated carbocycles. The highest BCUT2D eigenvalue weighted by Gasteiger charge is 2.32. The maximum Gasteiger partial charge on any atom is 0.225 e. The van der Waals surface area contributed by atoms with Gasteiger partial charge in [0.1, 0.15) is 11.6 Å². The lowest BCUT2D eigenvalue weighted by Gasteiger charge is -2.39. The number of anilines is 1. The standard InChI is InChI=1S/C24H32N4O/c1-16-8-9-17(2)21(14-16)15-22-18(3)25-19(4)26-23(22)27-10-12-28(13-11-27)24(29)20-6-5-7-20/h8-9,14,20H,5-7,10-13,15H2,1-4H3. The van der Waals surface area contributed by atoms with Crippen LogP contribution in [0.25, 0.3) is 0 Å². The quantitative estimate of drug-likeness (QED) is 0.795. The number of hydrogen-bond acceptors (Lipinski definition) is 4. The molecule has 0 spiro atoms. The Labute approximate surface area is 174 Å². The van der Waals surface area contributed by atoms with Gasteiger partial charge in [0.25, 0.3) is 0 Å². The van der Waals surface area contributed by atoms with Gasteiger partial charge in [0.15, 0.2) is 0 Å². The number of carbonyl (C=O) groups is 1. The molecule has 2 aromatic rings. The van der Waals surface area contributed by atoms with Gasteiger partial charge in [0, 0.05) is 49.8 Å². The highest BCUT2D eigenvalue weighted by Crippen LogP contribution is 2.30. The molecule has 0 atom stereocenters. The number of aryl methyl sites for hydroxylation is 4. The van der Waals surface area contributed by atoms with Crippen molar-refractivity contribution in [1.82, 2.24) is 14.9 Å². The molecule has 1 aromatic carbocycles. The maximum absolute atomic E-state index is 12.6. The lowest BCUT2D eigenvalue weighted by molar-refractivity contribution is -0.138. The Bertz CT molecular complexity index is 911. The summed E-state index contributed by atoms with van der Waals surface area (Å²) in [5.41, 5.74) is 6.18. The van der Waals surface area contributed by atoms with Gasteiger partial charge in [-0.1, -0.05) is 30.2 Å². The molecule has 2 aliphatic rings. The second-order valence-electron chi connectivity index (χ2n) is 8.71. The van der Waals surface area contributed by atoms with E-state index in [1.54, 1.807) is 0 Å². The minimum Gasteiger partial charge on any atom is -0.353 e. The van der Waals surface area contributed by atoms with Crippen LogP contribution >= 0.6 is 0 Å². The van der Waals surface area contributed by atoms with Crippen LogP contribution in [0.3, 0.4) is 0 Å². The van der Waals surface area contributed by atoms with Crippen LogP contribution in [0.2, 0.25) is 0 Å². The van der Waals surface area contributed by atoms with Crippen LogP contribution in [-0.2, 0) is 11.2 Å². The predicted molar refractivity (Wildman–Crippen MR) is 116 cm³/mol. The van der Waals surface area contributed by atoms with E-state index in [4.69, 9.17) is 4.98 Å². The third kappa shape index (κ3) is 4.14. The number of rotatable bonds is 4. The van der Waals surface area contributed by atoms with Gasteiger partial charge in [0.05, 0.1) is 0 Å². The Morgan fingerprint density at radius 3 is 2.41 bits per heavy atom. The summed E-state index contributed by atoms with van der Waals surface area (Å²) >= 11 is 0. The second kappa shape index (κ2) is 8.13. The van der Waals surface area contributed by atoms with Crippen molar-refractivity contribution >= 4 is 11.7 Å². The van der Waals surface area contributed by atoms with Crippen molar-refractivity contribution in [3.8, 4) is 0 Å². The zero-order chi connectivity index (χ0) is 20.5. The summed E-state index contributed by atoms with van der Waals surface area (Å²) in [6.07, 6.45) is 4.19. The van der Waals surface area contributed by atoms with Gasteiger partial charge < -0.3 is 9.80 Å². The summed E-state index contributed by atoms with van der Waals surface area (Å²) in [7, 11) is 0. The number of hydrogen-bond donors (Lipinski definition) is 0. The summed E-state index contributed by atoms with van der Waals surface area (Å²) in [5, 5.41) is 0. The molecule has 5 nitrogen and oxygen atoms in total. The fourth-order valence-electron chi connectivity index (χ4n) is 4.42. The topological polar surface area (TPSA) is 49.3 Å². The Hall–Kier alpha value is -2.43. The fourth-order valence-corrected chi connectivity index (χ4v) is 4.42. The average molecular weight is 393 g/mol. The molecule has 1 aliphatic carbocycles. The van der Waals surface area contributed by atoms with Crippen LogP contribution < -0.4 is 4.90 Å². The normalized spacial score (nSPS) is 17.4. The molecule has 5 heteroatoms. The largest absolute Gasteiger partial charge is 0.353 e. The van der Waals surface area contributed by atoms with E-state index in [0.717, 1.165) is 62.8 Å². The number of aromatic nitrogens is 2. The third-order valence-electron chi connectivity index (χ3n) is 6.52. The minimum atomic E-state index is 0.282. The Morgan fingerprint density at radius 2 is 1.76 bits per heavy atom. The number of piperazine rings is 1. The summed E-state index contributed by atoms with van der Waals surface area (Å²) in [4.78, 5) is 26.5. The molecular formula is C24H32N4O. The molecule has 0 radical (unpaired) electrons. The lowest BCUT2D eigenvalue weighted by atomic mass is 9.84. The first-order chi connectivity index (χ1) is 13.9. The lowest BCUT2D eigenvalue weighted by Crippen LogP contribution is -2.51. The summed E-state index contributed by atoms with van der Waals surface area (Å²) in [5.74, 6) is 2.51. The van der Waals surface area contributed by atoms with Crippen LogP contribution in [0, 0.1) is 33.6 Å². The zero-order valence-corrected chi connectivity index (χ0v) is 18.2. The molecule has 0 bridgehead atoms. The smallest absolute Gasteiger partial charge is 0.225 e. The van der Waals surface area contributed by atoms with Gasteiger partial charge in [-0.3, -0.25) is 4.79 Å². The fraction of sp³-hybridized carbons (Fsp3) is 0.542. The van der Waals surface area contributed by atoms with Gasteiger partial charge in [0.2, 0.25) is 5.91 Å². The van der Waals surface area contributed by atoms with Crippen molar-refractivity contribution in [2.45, 2.75) is 53.4 Å². The van der Waals surface area contributed by atoms with E-state index in [1.807, 2.05) is 6.92 Å². The first kappa shape index (κ1) is 19.9. The highest BCUT2D eigenvalue weighted by atomic mass is 16.2. The molecule has 2 fully saturated rings. The van der Waals surface area contributed by atoms with Crippen molar-refractivity contribution in [1.29, 1.82) is 0 Å². The van der Waals surface area contributed by atoms with Crippen LogP contribution in [0.4, 0.5) is 5.82 Å². The van der Waals surface area contributed by atoms with Gasteiger partial charge in [-0.25, -0.2) is 9.97 Å². The molecule has 2 heterocycles. The van der Waals surface area contributed by atoms with Crippen molar-refractivity contribution in [3.05, 3.63) is 52.0 Å². The molecular weight excluding hydrogens is 360 g/mol. The number of carbonyl (C=O) groups excluding carboxylic acids is 1. The SMILES string of the molecule is Cc1ccc(C)c(Cc2c(C)nc(C)nc2N2CCN(C(=O)C3CCC3)CC2)c1. The van der Waals surface area contributed by atoms with Crippen LogP contribution in [0.1, 0.15) is 53.0 Å². The Kier molecular flexibility index (Phi) is 5.57. The van der Waals surface area contributed by atoms with Gasteiger partial charge in [-0.05, 0) is 51.7 Å². The van der Waals surface area contributed by atoms with E-state index in [1.165, 1.54) is 28.7 Å². The first-order valence-corrected chi connectivity index (χ1v) is 10.9. The second-order valence-corrected chi connectivity index (χ2v) is 8.71. The molecule has 4 rings (SSSR count). The van der Waals surface area contributed by atoms with Crippen molar-refractivity contribution in [3.63, 3.8) is 0 Å².